The number of aromatic nitrogens is 2. The van der Waals surface area contributed by atoms with Gasteiger partial charge in [0.15, 0.2) is 10.8 Å². The van der Waals surface area contributed by atoms with Crippen molar-refractivity contribution in [2.45, 2.75) is 0 Å². The summed E-state index contributed by atoms with van der Waals surface area (Å²) in [6.45, 7) is 0. The number of carbonyl (C=O) groups is 1. The third-order valence-corrected chi connectivity index (χ3v) is 2.90. The minimum absolute atomic E-state index is 0.0581. The van der Waals surface area contributed by atoms with Crippen molar-refractivity contribution in [1.82, 2.24) is 9.97 Å². The van der Waals surface area contributed by atoms with Gasteiger partial charge in [-0.25, -0.2) is 9.97 Å². The predicted octanol–water partition coefficient (Wildman–Crippen LogP) is 2.99. The molecule has 0 saturated heterocycles. The Labute approximate surface area is 120 Å². The first-order valence-electron chi connectivity index (χ1n) is 4.93. The van der Waals surface area contributed by atoms with Crippen LogP contribution in [0.3, 0.4) is 0 Å². The topological polar surface area (TPSA) is 101 Å². The number of pyridine rings is 1. The Bertz CT molecular complexity index is 658. The van der Waals surface area contributed by atoms with E-state index in [2.05, 4.69) is 31.2 Å². The molecule has 0 fully saturated rings. The molecule has 9 heteroatoms. The molecule has 7 nitrogen and oxygen atoms in total. The highest BCUT2D eigenvalue weighted by Crippen LogP contribution is 2.23. The number of hydrogen-bond donors (Lipinski definition) is 2. The fraction of sp³-hybridized carbons (Fsp3) is 0. The average Bonchev–Trinajstić information content (AvgIpc) is 2.83. The maximum atomic E-state index is 11.8. The fourth-order valence-electron chi connectivity index (χ4n) is 1.32. The highest BCUT2D eigenvalue weighted by molar-refractivity contribution is 9.10. The molecule has 0 unspecified atom stereocenters. The third kappa shape index (κ3) is 3.09. The number of nitrogens with one attached hydrogen (secondary N) is 2. The third-order valence-electron chi connectivity index (χ3n) is 2.17. The summed E-state index contributed by atoms with van der Waals surface area (Å²) < 4.78 is 0.643. The molecule has 2 N–H and O–H groups in total. The quantitative estimate of drug-likeness (QED) is 0.507. The summed E-state index contributed by atoms with van der Waals surface area (Å²) in [5, 5.41) is 13.1. The van der Waals surface area contributed by atoms with Crippen LogP contribution in [0.4, 0.5) is 11.5 Å². The van der Waals surface area contributed by atoms with Crippen molar-refractivity contribution in [2.75, 3.05) is 5.32 Å². The van der Waals surface area contributed by atoms with E-state index in [9.17, 15) is 14.9 Å². The Balaban J connectivity index is 2.20. The molecule has 0 aromatic carbocycles. The average molecular weight is 346 g/mol. The zero-order valence-corrected chi connectivity index (χ0v) is 11.5. The first kappa shape index (κ1) is 13.5. The van der Waals surface area contributed by atoms with Crippen LogP contribution >= 0.6 is 27.5 Å². The van der Waals surface area contributed by atoms with E-state index in [0.29, 0.717) is 10.2 Å². The summed E-state index contributed by atoms with van der Waals surface area (Å²) in [6, 6.07) is 4.09. The van der Waals surface area contributed by atoms with Gasteiger partial charge in [0.05, 0.1) is 5.69 Å². The Morgan fingerprint density at radius 3 is 2.89 bits per heavy atom. The Morgan fingerprint density at radius 2 is 2.26 bits per heavy atom. The summed E-state index contributed by atoms with van der Waals surface area (Å²) >= 11 is 9.01. The molecule has 0 aliphatic rings. The summed E-state index contributed by atoms with van der Waals surface area (Å²) in [5.41, 5.74) is 0.362. The molecule has 0 bridgehead atoms. The number of halogens is 2. The van der Waals surface area contributed by atoms with Crippen LogP contribution in [0.2, 0.25) is 5.15 Å². The lowest BCUT2D eigenvalue weighted by Crippen LogP contribution is -2.13. The van der Waals surface area contributed by atoms with Crippen LogP contribution in [-0.2, 0) is 0 Å². The Morgan fingerprint density at radius 1 is 1.53 bits per heavy atom. The van der Waals surface area contributed by atoms with Gasteiger partial charge < -0.3 is 15.4 Å². The summed E-state index contributed by atoms with van der Waals surface area (Å²) in [4.78, 5) is 28.0. The lowest BCUT2D eigenvalue weighted by Gasteiger charge is -2.04. The van der Waals surface area contributed by atoms with Gasteiger partial charge in [-0.2, -0.15) is 0 Å². The second-order valence-electron chi connectivity index (χ2n) is 3.46. The van der Waals surface area contributed by atoms with Crippen LogP contribution in [-0.4, -0.2) is 20.8 Å². The van der Waals surface area contributed by atoms with Crippen molar-refractivity contribution in [3.8, 4) is 0 Å². The molecule has 2 rings (SSSR count). The maximum Gasteiger partial charge on any atom is 0.321 e. The van der Waals surface area contributed by atoms with Crippen LogP contribution in [0, 0.1) is 10.1 Å². The van der Waals surface area contributed by atoms with Crippen LogP contribution in [0.5, 0.6) is 0 Å². The van der Waals surface area contributed by atoms with Gasteiger partial charge in [0.25, 0.3) is 5.91 Å². The fourth-order valence-corrected chi connectivity index (χ4v) is 1.80. The molecule has 19 heavy (non-hydrogen) atoms. The predicted molar refractivity (Wildman–Crippen MR) is 72.3 cm³/mol. The van der Waals surface area contributed by atoms with Crippen molar-refractivity contribution < 1.29 is 9.72 Å². The van der Waals surface area contributed by atoms with E-state index in [1.807, 2.05) is 0 Å². The van der Waals surface area contributed by atoms with Crippen molar-refractivity contribution in [3.05, 3.63) is 49.8 Å². The largest absolute Gasteiger partial charge is 0.358 e. The van der Waals surface area contributed by atoms with Gasteiger partial charge in [-0.05, 0) is 33.0 Å². The van der Waals surface area contributed by atoms with E-state index in [1.165, 1.54) is 18.3 Å². The first-order chi connectivity index (χ1) is 8.97. The smallest absolute Gasteiger partial charge is 0.321 e. The van der Waals surface area contributed by atoms with Crippen LogP contribution in [0.15, 0.2) is 28.9 Å². The number of hydrogen-bond acceptors (Lipinski definition) is 4. The lowest BCUT2D eigenvalue weighted by molar-refractivity contribution is -0.389. The number of nitrogens with zero attached hydrogens (tertiary/aromatic N) is 2. The van der Waals surface area contributed by atoms with E-state index in [1.54, 1.807) is 6.07 Å². The number of aromatic amines is 1. The Kier molecular flexibility index (Phi) is 3.82. The lowest BCUT2D eigenvalue weighted by atomic mass is 10.3. The zero-order chi connectivity index (χ0) is 14.0. The van der Waals surface area contributed by atoms with Crippen molar-refractivity contribution in [1.29, 1.82) is 0 Å². The van der Waals surface area contributed by atoms with Crippen molar-refractivity contribution in [2.24, 2.45) is 0 Å². The van der Waals surface area contributed by atoms with E-state index in [0.717, 1.165) is 0 Å². The number of nitro groups is 1. The van der Waals surface area contributed by atoms with E-state index in [4.69, 9.17) is 11.6 Å². The second-order valence-corrected chi connectivity index (χ2v) is 4.73. The van der Waals surface area contributed by atoms with Crippen LogP contribution < -0.4 is 5.32 Å². The molecule has 2 aromatic heterocycles. The molecule has 1 amide bonds. The first-order valence-corrected chi connectivity index (χ1v) is 6.10. The number of amides is 1. The molecule has 0 spiro atoms. The minimum Gasteiger partial charge on any atom is -0.358 e. The molecular weight excluding hydrogens is 339 g/mol. The molecule has 0 radical (unpaired) electrons. The molecule has 0 aliphatic carbocycles. The summed E-state index contributed by atoms with van der Waals surface area (Å²) in [6.07, 6.45) is 1.48. The molecule has 0 saturated carbocycles. The van der Waals surface area contributed by atoms with E-state index < -0.39 is 10.8 Å². The van der Waals surface area contributed by atoms with Gasteiger partial charge in [0, 0.05) is 16.7 Å². The summed E-state index contributed by atoms with van der Waals surface area (Å²) in [7, 11) is 0. The molecule has 98 valence electrons. The molecule has 0 atom stereocenters. The SMILES string of the molecule is O=C(Nc1cc(Br)cnc1Cl)c1ccc([N+](=O)[O-])[nH]1. The Hall–Kier alpha value is -1.93. The standard InChI is InChI=1S/C10H6BrClN4O3/c11-5-3-7(9(12)13-4-5)15-10(17)6-1-2-8(14-6)16(18)19/h1-4,14H,(H,15,17). The normalized spacial score (nSPS) is 10.2. The van der Waals surface area contributed by atoms with E-state index >= 15 is 0 Å². The number of rotatable bonds is 3. The van der Waals surface area contributed by atoms with Crippen molar-refractivity contribution >= 4 is 44.9 Å². The van der Waals surface area contributed by atoms with Gasteiger partial charge in [0.2, 0.25) is 0 Å². The second kappa shape index (κ2) is 5.37. The van der Waals surface area contributed by atoms with Crippen LogP contribution in [0.25, 0.3) is 0 Å². The number of H-pyrrole nitrogens is 1. The molecule has 0 aliphatic heterocycles. The minimum atomic E-state index is -0.621. The van der Waals surface area contributed by atoms with Gasteiger partial charge in [-0.3, -0.25) is 4.79 Å². The van der Waals surface area contributed by atoms with E-state index in [-0.39, 0.29) is 16.7 Å². The number of anilines is 1. The maximum absolute atomic E-state index is 11.8. The zero-order valence-electron chi connectivity index (χ0n) is 9.18. The van der Waals surface area contributed by atoms with Gasteiger partial charge in [0.1, 0.15) is 0 Å². The summed E-state index contributed by atoms with van der Waals surface area (Å²) in [5.74, 6) is -0.807. The van der Waals surface area contributed by atoms with Crippen molar-refractivity contribution in [3.63, 3.8) is 0 Å². The van der Waals surface area contributed by atoms with Gasteiger partial charge in [-0.1, -0.05) is 11.6 Å². The van der Waals surface area contributed by atoms with Crippen LogP contribution in [0.1, 0.15) is 10.5 Å². The molecular formula is C10H6BrClN4O3. The monoisotopic (exact) mass is 344 g/mol. The highest BCUT2D eigenvalue weighted by Gasteiger charge is 2.16. The molecule has 2 heterocycles. The molecule has 2 aromatic rings. The highest BCUT2D eigenvalue weighted by atomic mass is 79.9. The number of carbonyl (C=O) groups excluding carboxylic acids is 1. The van der Waals surface area contributed by atoms with Gasteiger partial charge in [-0.15, -0.1) is 0 Å². The van der Waals surface area contributed by atoms with Gasteiger partial charge >= 0.3 is 5.82 Å².